The molecule has 0 aromatic carbocycles. The van der Waals surface area contributed by atoms with Crippen LogP contribution < -0.4 is 16.2 Å². The minimum Gasteiger partial charge on any atom is -0.356 e. The molecule has 2 heterocycles. The van der Waals surface area contributed by atoms with Gasteiger partial charge in [0.1, 0.15) is 17.5 Å². The molecule has 0 atom stereocenters. The Kier molecular flexibility index (Phi) is 4.03. The van der Waals surface area contributed by atoms with Crippen molar-refractivity contribution in [3.05, 3.63) is 11.4 Å². The van der Waals surface area contributed by atoms with Gasteiger partial charge in [0.15, 0.2) is 0 Å². The van der Waals surface area contributed by atoms with Crippen molar-refractivity contribution in [3.63, 3.8) is 0 Å². The second kappa shape index (κ2) is 5.43. The molecule has 2 rings (SSSR count). The van der Waals surface area contributed by atoms with E-state index in [1.54, 1.807) is 13.8 Å². The highest BCUT2D eigenvalue weighted by atomic mass is 19.4. The average Bonchev–Trinajstić information content (AvgIpc) is 2.40. The standard InChI is InChI=1S/C12H18F3N5/c1-7-10(19-16)17-8(2)18-11(7)20-5-3-9(4-6-20)12(13,14)15/h9H,3-6,16H2,1-2H3,(H,17,18,19). The average molecular weight is 289 g/mol. The first-order chi connectivity index (χ1) is 9.32. The van der Waals surface area contributed by atoms with Gasteiger partial charge in [0.05, 0.1) is 5.92 Å². The van der Waals surface area contributed by atoms with Gasteiger partial charge in [-0.25, -0.2) is 15.8 Å². The van der Waals surface area contributed by atoms with E-state index < -0.39 is 12.1 Å². The highest BCUT2D eigenvalue weighted by molar-refractivity contribution is 5.58. The summed E-state index contributed by atoms with van der Waals surface area (Å²) in [6.07, 6.45) is -3.92. The Bertz CT molecular complexity index is 481. The van der Waals surface area contributed by atoms with Crippen molar-refractivity contribution in [2.24, 2.45) is 11.8 Å². The minimum absolute atomic E-state index is 0.0946. The molecule has 1 fully saturated rings. The van der Waals surface area contributed by atoms with Gasteiger partial charge in [-0.3, -0.25) is 0 Å². The number of halogens is 3. The first kappa shape index (κ1) is 14.8. The predicted octanol–water partition coefficient (Wildman–Crippen LogP) is 2.16. The Morgan fingerprint density at radius 2 is 1.80 bits per heavy atom. The fourth-order valence-corrected chi connectivity index (χ4v) is 2.48. The normalized spacial score (nSPS) is 17.4. The number of hydrogen-bond donors (Lipinski definition) is 2. The molecule has 0 spiro atoms. The third-order valence-corrected chi connectivity index (χ3v) is 3.63. The number of piperidine rings is 1. The smallest absolute Gasteiger partial charge is 0.356 e. The van der Waals surface area contributed by atoms with Gasteiger partial charge in [0.25, 0.3) is 0 Å². The molecule has 0 aliphatic carbocycles. The Balaban J connectivity index is 2.17. The van der Waals surface area contributed by atoms with Crippen LogP contribution in [0.2, 0.25) is 0 Å². The number of nitrogens with zero attached hydrogens (tertiary/aromatic N) is 3. The van der Waals surface area contributed by atoms with E-state index in [0.29, 0.717) is 30.5 Å². The van der Waals surface area contributed by atoms with E-state index >= 15 is 0 Å². The summed E-state index contributed by atoms with van der Waals surface area (Å²) in [5.74, 6) is 5.88. The van der Waals surface area contributed by atoms with E-state index in [2.05, 4.69) is 15.4 Å². The van der Waals surface area contributed by atoms with Crippen molar-refractivity contribution in [1.82, 2.24) is 9.97 Å². The van der Waals surface area contributed by atoms with E-state index in [1.165, 1.54) is 0 Å². The van der Waals surface area contributed by atoms with Crippen molar-refractivity contribution in [3.8, 4) is 0 Å². The fourth-order valence-electron chi connectivity index (χ4n) is 2.48. The van der Waals surface area contributed by atoms with Gasteiger partial charge in [-0.2, -0.15) is 13.2 Å². The summed E-state index contributed by atoms with van der Waals surface area (Å²) in [7, 11) is 0. The molecule has 112 valence electrons. The van der Waals surface area contributed by atoms with Gasteiger partial charge in [-0.1, -0.05) is 0 Å². The second-order valence-corrected chi connectivity index (χ2v) is 5.02. The molecule has 0 saturated carbocycles. The summed E-state index contributed by atoms with van der Waals surface area (Å²) >= 11 is 0. The number of alkyl halides is 3. The molecule has 8 heteroatoms. The zero-order chi connectivity index (χ0) is 14.9. The third kappa shape index (κ3) is 2.95. The molecule has 0 radical (unpaired) electrons. The maximum atomic E-state index is 12.7. The molecule has 3 N–H and O–H groups in total. The van der Waals surface area contributed by atoms with E-state index in [0.717, 1.165) is 5.56 Å². The number of aromatic nitrogens is 2. The van der Waals surface area contributed by atoms with E-state index in [9.17, 15) is 13.2 Å². The highest BCUT2D eigenvalue weighted by Crippen LogP contribution is 2.36. The summed E-state index contributed by atoms with van der Waals surface area (Å²) in [4.78, 5) is 10.3. The van der Waals surface area contributed by atoms with Crippen LogP contribution in [-0.4, -0.2) is 29.2 Å². The number of nitrogens with one attached hydrogen (secondary N) is 1. The lowest BCUT2D eigenvalue weighted by molar-refractivity contribution is -0.179. The van der Waals surface area contributed by atoms with E-state index in [-0.39, 0.29) is 12.8 Å². The Labute approximate surface area is 115 Å². The largest absolute Gasteiger partial charge is 0.391 e. The lowest BCUT2D eigenvalue weighted by atomic mass is 9.96. The molecule has 0 bridgehead atoms. The molecule has 1 aliphatic rings. The van der Waals surface area contributed by atoms with Crippen LogP contribution in [0.5, 0.6) is 0 Å². The molecule has 0 unspecified atom stereocenters. The van der Waals surface area contributed by atoms with Gasteiger partial charge in [0, 0.05) is 18.7 Å². The van der Waals surface area contributed by atoms with Crippen molar-refractivity contribution < 1.29 is 13.2 Å². The SMILES string of the molecule is Cc1nc(NN)c(C)c(N2CCC(C(F)(F)F)CC2)n1. The number of hydrogen-bond acceptors (Lipinski definition) is 5. The topological polar surface area (TPSA) is 67.1 Å². The van der Waals surface area contributed by atoms with Crippen LogP contribution >= 0.6 is 0 Å². The maximum Gasteiger partial charge on any atom is 0.391 e. The molecule has 1 saturated heterocycles. The summed E-state index contributed by atoms with van der Waals surface area (Å²) in [6.45, 7) is 4.21. The molecule has 1 aromatic rings. The molecule has 1 aromatic heterocycles. The van der Waals surface area contributed by atoms with Gasteiger partial charge in [-0.05, 0) is 26.7 Å². The van der Waals surface area contributed by atoms with Crippen molar-refractivity contribution >= 4 is 11.6 Å². The van der Waals surface area contributed by atoms with Crippen LogP contribution in [0.4, 0.5) is 24.8 Å². The summed E-state index contributed by atoms with van der Waals surface area (Å²) in [5.41, 5.74) is 3.24. The minimum atomic E-state index is -4.10. The lowest BCUT2D eigenvalue weighted by Gasteiger charge is -2.34. The monoisotopic (exact) mass is 289 g/mol. The summed E-state index contributed by atoms with van der Waals surface area (Å²) in [5, 5.41) is 0. The van der Waals surface area contributed by atoms with Crippen LogP contribution in [0.1, 0.15) is 24.2 Å². The molecule has 0 amide bonds. The van der Waals surface area contributed by atoms with E-state index in [1.807, 2.05) is 4.90 Å². The number of nitrogen functional groups attached to an aromatic ring is 1. The van der Waals surface area contributed by atoms with Crippen molar-refractivity contribution in [1.29, 1.82) is 0 Å². The summed E-state index contributed by atoms with van der Waals surface area (Å²) in [6, 6.07) is 0. The Morgan fingerprint density at radius 1 is 1.20 bits per heavy atom. The lowest BCUT2D eigenvalue weighted by Crippen LogP contribution is -2.40. The maximum absolute atomic E-state index is 12.7. The molecule has 20 heavy (non-hydrogen) atoms. The number of anilines is 2. The van der Waals surface area contributed by atoms with Crippen molar-refractivity contribution in [2.75, 3.05) is 23.4 Å². The zero-order valence-corrected chi connectivity index (χ0v) is 11.5. The van der Waals surface area contributed by atoms with Crippen molar-refractivity contribution in [2.45, 2.75) is 32.9 Å². The van der Waals surface area contributed by atoms with Gasteiger partial charge in [-0.15, -0.1) is 0 Å². The number of nitrogens with two attached hydrogens (primary N) is 1. The third-order valence-electron chi connectivity index (χ3n) is 3.63. The molecule has 1 aliphatic heterocycles. The van der Waals surface area contributed by atoms with Gasteiger partial charge >= 0.3 is 6.18 Å². The van der Waals surface area contributed by atoms with Crippen LogP contribution in [0.25, 0.3) is 0 Å². The highest BCUT2D eigenvalue weighted by Gasteiger charge is 2.41. The van der Waals surface area contributed by atoms with E-state index in [4.69, 9.17) is 5.84 Å². The number of hydrazine groups is 1. The Hall–Kier alpha value is -1.57. The zero-order valence-electron chi connectivity index (χ0n) is 11.5. The Morgan fingerprint density at radius 3 is 2.30 bits per heavy atom. The predicted molar refractivity (Wildman–Crippen MR) is 70.3 cm³/mol. The first-order valence-corrected chi connectivity index (χ1v) is 6.46. The van der Waals surface area contributed by atoms with Crippen LogP contribution in [0.3, 0.4) is 0 Å². The van der Waals surface area contributed by atoms with Crippen LogP contribution in [0, 0.1) is 19.8 Å². The first-order valence-electron chi connectivity index (χ1n) is 6.46. The molecular formula is C12H18F3N5. The summed E-state index contributed by atoms with van der Waals surface area (Å²) < 4.78 is 38.0. The van der Waals surface area contributed by atoms with Gasteiger partial charge < -0.3 is 10.3 Å². The number of rotatable bonds is 2. The fraction of sp³-hybridized carbons (Fsp3) is 0.667. The number of aryl methyl sites for hydroxylation is 1. The quantitative estimate of drug-likeness (QED) is 0.645. The molecular weight excluding hydrogens is 271 g/mol. The van der Waals surface area contributed by atoms with Crippen LogP contribution in [0.15, 0.2) is 0 Å². The molecule has 5 nitrogen and oxygen atoms in total. The van der Waals surface area contributed by atoms with Gasteiger partial charge in [0.2, 0.25) is 0 Å². The second-order valence-electron chi connectivity index (χ2n) is 5.02. The van der Waals surface area contributed by atoms with Crippen LogP contribution in [-0.2, 0) is 0 Å².